The standard InChI is InChI=1S/C10H7N5OS/c1-6-2-8(16)15-10(14-6)17-9-5-12-7(3-11)4-13-9/h2,4-5H,1H3,(H,14,15,16). The van der Waals surface area contributed by atoms with Crippen molar-refractivity contribution in [3.05, 3.63) is 40.2 Å². The van der Waals surface area contributed by atoms with Gasteiger partial charge in [0.2, 0.25) is 0 Å². The number of H-pyrrole nitrogens is 1. The van der Waals surface area contributed by atoms with Crippen molar-refractivity contribution in [1.82, 2.24) is 19.9 Å². The van der Waals surface area contributed by atoms with E-state index in [4.69, 9.17) is 5.26 Å². The van der Waals surface area contributed by atoms with Gasteiger partial charge in [-0.1, -0.05) is 0 Å². The average molecular weight is 245 g/mol. The molecule has 2 aromatic heterocycles. The number of nitrogens with zero attached hydrogens (tertiary/aromatic N) is 4. The molecule has 7 heteroatoms. The molecule has 0 aliphatic rings. The molecule has 0 bridgehead atoms. The molecule has 1 N–H and O–H groups in total. The third kappa shape index (κ3) is 2.89. The van der Waals surface area contributed by atoms with E-state index in [1.54, 1.807) is 6.92 Å². The molecule has 6 nitrogen and oxygen atoms in total. The minimum atomic E-state index is -0.207. The second-order valence-corrected chi connectivity index (χ2v) is 4.15. The van der Waals surface area contributed by atoms with Crippen molar-refractivity contribution in [2.75, 3.05) is 0 Å². The van der Waals surface area contributed by atoms with Crippen LogP contribution in [0.5, 0.6) is 0 Å². The van der Waals surface area contributed by atoms with Crippen LogP contribution >= 0.6 is 11.8 Å². The van der Waals surface area contributed by atoms with Gasteiger partial charge in [0.15, 0.2) is 10.9 Å². The van der Waals surface area contributed by atoms with Gasteiger partial charge in [-0.15, -0.1) is 0 Å². The summed E-state index contributed by atoms with van der Waals surface area (Å²) in [5.74, 6) is 0. The lowest BCUT2D eigenvalue weighted by molar-refractivity contribution is 0.899. The number of aromatic amines is 1. The lowest BCUT2D eigenvalue weighted by atomic mass is 10.5. The predicted octanol–water partition coefficient (Wildman–Crippen LogP) is 0.891. The zero-order chi connectivity index (χ0) is 12.3. The van der Waals surface area contributed by atoms with Crippen molar-refractivity contribution in [2.24, 2.45) is 0 Å². The third-order valence-electron chi connectivity index (χ3n) is 1.79. The number of aryl methyl sites for hydroxylation is 1. The molecule has 0 atom stereocenters. The molecule has 0 saturated heterocycles. The van der Waals surface area contributed by atoms with Crippen molar-refractivity contribution in [1.29, 1.82) is 5.26 Å². The molecule has 0 radical (unpaired) electrons. The van der Waals surface area contributed by atoms with Crippen LogP contribution in [0.1, 0.15) is 11.4 Å². The fraction of sp³-hybridized carbons (Fsp3) is 0.100. The maximum atomic E-state index is 11.2. The van der Waals surface area contributed by atoms with E-state index >= 15 is 0 Å². The molecule has 0 unspecified atom stereocenters. The van der Waals surface area contributed by atoms with E-state index in [1.807, 2.05) is 6.07 Å². The molecule has 2 rings (SSSR count). The zero-order valence-electron chi connectivity index (χ0n) is 8.84. The fourth-order valence-electron chi connectivity index (χ4n) is 1.13. The molecule has 0 aromatic carbocycles. The van der Waals surface area contributed by atoms with Gasteiger partial charge in [0.1, 0.15) is 11.1 Å². The summed E-state index contributed by atoms with van der Waals surface area (Å²) in [4.78, 5) is 25.8. The van der Waals surface area contributed by atoms with Gasteiger partial charge in [0, 0.05) is 11.8 Å². The molecule has 0 fully saturated rings. The second kappa shape index (κ2) is 4.76. The minimum absolute atomic E-state index is 0.207. The highest BCUT2D eigenvalue weighted by Crippen LogP contribution is 2.20. The Labute approximate surface area is 101 Å². The lowest BCUT2D eigenvalue weighted by Crippen LogP contribution is -2.08. The van der Waals surface area contributed by atoms with Crippen LogP contribution in [0, 0.1) is 18.3 Å². The molecule has 0 amide bonds. The normalized spacial score (nSPS) is 9.88. The van der Waals surface area contributed by atoms with Gasteiger partial charge in [-0.05, 0) is 18.7 Å². The van der Waals surface area contributed by atoms with Gasteiger partial charge in [-0.3, -0.25) is 4.79 Å². The van der Waals surface area contributed by atoms with Crippen LogP contribution < -0.4 is 5.56 Å². The van der Waals surface area contributed by atoms with Gasteiger partial charge in [-0.25, -0.2) is 15.0 Å². The van der Waals surface area contributed by atoms with Gasteiger partial charge >= 0.3 is 0 Å². The molecule has 0 saturated carbocycles. The van der Waals surface area contributed by atoms with Crippen LogP contribution in [0.15, 0.2) is 33.4 Å². The van der Waals surface area contributed by atoms with Crippen LogP contribution in [0.4, 0.5) is 0 Å². The number of hydrogen-bond donors (Lipinski definition) is 1. The topological polar surface area (TPSA) is 95.3 Å². The maximum absolute atomic E-state index is 11.2. The fourth-order valence-corrected chi connectivity index (χ4v) is 1.88. The Bertz CT molecular complexity index is 628. The highest BCUT2D eigenvalue weighted by molar-refractivity contribution is 7.99. The number of nitrogens with one attached hydrogen (secondary N) is 1. The summed E-state index contributed by atoms with van der Waals surface area (Å²) in [7, 11) is 0. The first-order valence-electron chi connectivity index (χ1n) is 4.65. The van der Waals surface area contributed by atoms with Crippen molar-refractivity contribution in [3.63, 3.8) is 0 Å². The third-order valence-corrected chi connectivity index (χ3v) is 2.60. The first kappa shape index (κ1) is 11.3. The SMILES string of the molecule is Cc1cc(=O)[nH]c(Sc2cnc(C#N)cn2)n1. The number of hydrogen-bond acceptors (Lipinski definition) is 6. The molecular formula is C10H7N5OS. The number of aromatic nitrogens is 4. The quantitative estimate of drug-likeness (QED) is 0.789. The smallest absolute Gasteiger partial charge is 0.251 e. The van der Waals surface area contributed by atoms with Crippen molar-refractivity contribution in [2.45, 2.75) is 17.1 Å². The van der Waals surface area contributed by atoms with E-state index in [0.29, 0.717) is 15.9 Å². The van der Waals surface area contributed by atoms with Gasteiger partial charge < -0.3 is 4.98 Å². The van der Waals surface area contributed by atoms with E-state index in [-0.39, 0.29) is 11.3 Å². The minimum Gasteiger partial charge on any atom is -0.301 e. The van der Waals surface area contributed by atoms with E-state index in [0.717, 1.165) is 0 Å². The predicted molar refractivity (Wildman–Crippen MR) is 60.5 cm³/mol. The average Bonchev–Trinajstić information content (AvgIpc) is 2.28. The van der Waals surface area contributed by atoms with Gasteiger partial charge in [-0.2, -0.15) is 5.26 Å². The monoisotopic (exact) mass is 245 g/mol. The Balaban J connectivity index is 2.25. The summed E-state index contributed by atoms with van der Waals surface area (Å²) in [5.41, 5.74) is 0.680. The molecule has 84 valence electrons. The van der Waals surface area contributed by atoms with Crippen LogP contribution in [-0.4, -0.2) is 19.9 Å². The van der Waals surface area contributed by atoms with E-state index in [1.165, 1.54) is 30.2 Å². The first-order valence-corrected chi connectivity index (χ1v) is 5.47. The molecule has 0 spiro atoms. The van der Waals surface area contributed by atoms with Crippen LogP contribution in [0.2, 0.25) is 0 Å². The summed E-state index contributed by atoms with van der Waals surface area (Å²) in [6.07, 6.45) is 2.84. The van der Waals surface area contributed by atoms with E-state index in [2.05, 4.69) is 19.9 Å². The van der Waals surface area contributed by atoms with Gasteiger partial charge in [0.05, 0.1) is 12.4 Å². The molecule has 2 heterocycles. The highest BCUT2D eigenvalue weighted by atomic mass is 32.2. The summed E-state index contributed by atoms with van der Waals surface area (Å²) >= 11 is 1.19. The van der Waals surface area contributed by atoms with Crippen LogP contribution in [-0.2, 0) is 0 Å². The summed E-state index contributed by atoms with van der Waals surface area (Å²) in [6.45, 7) is 1.74. The van der Waals surface area contributed by atoms with E-state index < -0.39 is 0 Å². The maximum Gasteiger partial charge on any atom is 0.251 e. The number of nitriles is 1. The molecule has 2 aromatic rings. The summed E-state index contributed by atoms with van der Waals surface area (Å²) in [5, 5.41) is 9.59. The Morgan fingerprint density at radius 3 is 2.82 bits per heavy atom. The van der Waals surface area contributed by atoms with Crippen LogP contribution in [0.25, 0.3) is 0 Å². The highest BCUT2D eigenvalue weighted by Gasteiger charge is 2.03. The Kier molecular flexibility index (Phi) is 3.16. The summed E-state index contributed by atoms with van der Waals surface area (Å²) in [6, 6.07) is 3.29. The van der Waals surface area contributed by atoms with Crippen molar-refractivity contribution < 1.29 is 0 Å². The molecule has 0 aliphatic carbocycles. The second-order valence-electron chi connectivity index (χ2n) is 3.15. The van der Waals surface area contributed by atoms with Crippen molar-refractivity contribution >= 4 is 11.8 Å². The summed E-state index contributed by atoms with van der Waals surface area (Å²) < 4.78 is 0. The van der Waals surface area contributed by atoms with Crippen LogP contribution in [0.3, 0.4) is 0 Å². The van der Waals surface area contributed by atoms with E-state index in [9.17, 15) is 4.79 Å². The number of rotatable bonds is 2. The molecule has 17 heavy (non-hydrogen) atoms. The Morgan fingerprint density at radius 1 is 1.41 bits per heavy atom. The Hall–Kier alpha value is -2.20. The molecule has 0 aliphatic heterocycles. The zero-order valence-corrected chi connectivity index (χ0v) is 9.65. The Morgan fingerprint density at radius 2 is 2.24 bits per heavy atom. The van der Waals surface area contributed by atoms with Crippen molar-refractivity contribution in [3.8, 4) is 6.07 Å². The largest absolute Gasteiger partial charge is 0.301 e. The molecular weight excluding hydrogens is 238 g/mol. The lowest BCUT2D eigenvalue weighted by Gasteiger charge is -2.00. The first-order chi connectivity index (χ1) is 8.17. The van der Waals surface area contributed by atoms with Gasteiger partial charge in [0.25, 0.3) is 5.56 Å².